The van der Waals surface area contributed by atoms with Crippen molar-refractivity contribution < 1.29 is 4.39 Å². The molecule has 100 valence electrons. The Bertz CT molecular complexity index is 598. The second-order valence-electron chi connectivity index (χ2n) is 5.09. The molecule has 0 saturated heterocycles. The summed E-state index contributed by atoms with van der Waals surface area (Å²) in [5.41, 5.74) is 7.32. The average molecular weight is 261 g/mol. The summed E-state index contributed by atoms with van der Waals surface area (Å²) in [6.45, 7) is 3.81. The van der Waals surface area contributed by atoms with E-state index in [1.807, 2.05) is 0 Å². The largest absolute Gasteiger partial charge is 0.398 e. The van der Waals surface area contributed by atoms with Crippen molar-refractivity contribution in [3.63, 3.8) is 0 Å². The Morgan fingerprint density at radius 1 is 1.47 bits per heavy atom. The minimum absolute atomic E-state index is 0.326. The Kier molecular flexibility index (Phi) is 2.73. The molecule has 0 spiro atoms. The SMILES string of the molecule is CCC1CC1n1nnnc1-c1cc(N)c(C)c(F)c1. The fourth-order valence-corrected chi connectivity index (χ4v) is 2.41. The summed E-state index contributed by atoms with van der Waals surface area (Å²) in [6, 6.07) is 3.50. The summed E-state index contributed by atoms with van der Waals surface area (Å²) in [4.78, 5) is 0. The highest BCUT2D eigenvalue weighted by Crippen LogP contribution is 2.46. The normalized spacial score (nSPS) is 21.6. The van der Waals surface area contributed by atoms with Crippen LogP contribution in [0.25, 0.3) is 11.4 Å². The number of tetrazole rings is 1. The van der Waals surface area contributed by atoms with Crippen molar-refractivity contribution in [2.45, 2.75) is 32.7 Å². The number of anilines is 1. The molecule has 1 fully saturated rings. The summed E-state index contributed by atoms with van der Waals surface area (Å²) in [7, 11) is 0. The number of benzene rings is 1. The van der Waals surface area contributed by atoms with Crippen LogP contribution in [0.5, 0.6) is 0 Å². The second kappa shape index (κ2) is 4.29. The maximum atomic E-state index is 13.8. The minimum Gasteiger partial charge on any atom is -0.398 e. The predicted octanol–water partition coefficient (Wildman–Crippen LogP) is 2.34. The zero-order valence-electron chi connectivity index (χ0n) is 11.0. The van der Waals surface area contributed by atoms with Gasteiger partial charge in [0.2, 0.25) is 0 Å². The fraction of sp³-hybridized carbons (Fsp3) is 0.462. The zero-order valence-corrected chi connectivity index (χ0v) is 11.0. The molecule has 1 aliphatic rings. The van der Waals surface area contributed by atoms with E-state index in [1.54, 1.807) is 17.7 Å². The van der Waals surface area contributed by atoms with Crippen LogP contribution in [0.15, 0.2) is 12.1 Å². The van der Waals surface area contributed by atoms with Gasteiger partial charge in [0, 0.05) is 16.8 Å². The van der Waals surface area contributed by atoms with Crippen molar-refractivity contribution in [3.05, 3.63) is 23.5 Å². The van der Waals surface area contributed by atoms with E-state index in [0.29, 0.717) is 34.6 Å². The molecule has 1 aromatic heterocycles. The third-order valence-corrected chi connectivity index (χ3v) is 3.86. The zero-order chi connectivity index (χ0) is 13.6. The third kappa shape index (κ3) is 1.97. The predicted molar refractivity (Wildman–Crippen MR) is 69.8 cm³/mol. The number of nitrogens with zero attached hydrogens (tertiary/aromatic N) is 4. The summed E-state index contributed by atoms with van der Waals surface area (Å²) in [5, 5.41) is 11.7. The monoisotopic (exact) mass is 261 g/mol. The van der Waals surface area contributed by atoms with Crippen LogP contribution in [0.3, 0.4) is 0 Å². The number of hydrogen-bond acceptors (Lipinski definition) is 4. The van der Waals surface area contributed by atoms with Crippen molar-refractivity contribution in [1.82, 2.24) is 20.2 Å². The van der Waals surface area contributed by atoms with E-state index < -0.39 is 0 Å². The molecule has 0 amide bonds. The molecule has 1 heterocycles. The molecule has 2 aromatic rings. The molecular formula is C13H16FN5. The maximum absolute atomic E-state index is 13.8. The van der Waals surface area contributed by atoms with E-state index in [1.165, 1.54) is 6.07 Å². The first-order valence-electron chi connectivity index (χ1n) is 6.45. The number of aromatic nitrogens is 4. The molecule has 0 bridgehead atoms. The van der Waals surface area contributed by atoms with E-state index >= 15 is 0 Å². The summed E-state index contributed by atoms with van der Waals surface area (Å²) in [6.07, 6.45) is 2.19. The van der Waals surface area contributed by atoms with Gasteiger partial charge in [0.1, 0.15) is 5.82 Å². The molecule has 6 heteroatoms. The van der Waals surface area contributed by atoms with Crippen LogP contribution in [0.1, 0.15) is 31.4 Å². The molecule has 2 atom stereocenters. The summed E-state index contributed by atoms with van der Waals surface area (Å²) >= 11 is 0. The maximum Gasteiger partial charge on any atom is 0.182 e. The fourth-order valence-electron chi connectivity index (χ4n) is 2.41. The molecule has 0 radical (unpaired) electrons. The van der Waals surface area contributed by atoms with Crippen molar-refractivity contribution >= 4 is 5.69 Å². The first kappa shape index (κ1) is 12.1. The van der Waals surface area contributed by atoms with Crippen molar-refractivity contribution in [3.8, 4) is 11.4 Å². The average Bonchev–Trinajstić information content (AvgIpc) is 3.02. The lowest BCUT2D eigenvalue weighted by molar-refractivity contribution is 0.563. The lowest BCUT2D eigenvalue weighted by Crippen LogP contribution is -2.03. The van der Waals surface area contributed by atoms with Gasteiger partial charge in [0.25, 0.3) is 0 Å². The van der Waals surface area contributed by atoms with Gasteiger partial charge in [-0.25, -0.2) is 9.07 Å². The second-order valence-corrected chi connectivity index (χ2v) is 5.09. The van der Waals surface area contributed by atoms with E-state index in [4.69, 9.17) is 5.73 Å². The lowest BCUT2D eigenvalue weighted by Gasteiger charge is -2.07. The van der Waals surface area contributed by atoms with Gasteiger partial charge >= 0.3 is 0 Å². The molecule has 1 aromatic carbocycles. The van der Waals surface area contributed by atoms with Crippen molar-refractivity contribution in [2.75, 3.05) is 5.73 Å². The summed E-state index contributed by atoms with van der Waals surface area (Å²) in [5.74, 6) is 0.883. The Hall–Kier alpha value is -1.98. The third-order valence-electron chi connectivity index (χ3n) is 3.86. The molecule has 5 nitrogen and oxygen atoms in total. The standard InChI is InChI=1S/C13H16FN5/c1-3-8-6-12(8)19-13(16-17-18-19)9-4-10(14)7(2)11(15)5-9/h4-5,8,12H,3,6,15H2,1-2H3. The first-order valence-corrected chi connectivity index (χ1v) is 6.45. The van der Waals surface area contributed by atoms with Crippen LogP contribution in [0.4, 0.5) is 10.1 Å². The molecule has 2 unspecified atom stereocenters. The van der Waals surface area contributed by atoms with Gasteiger partial charge in [0.05, 0.1) is 6.04 Å². The smallest absolute Gasteiger partial charge is 0.182 e. The highest BCUT2D eigenvalue weighted by atomic mass is 19.1. The van der Waals surface area contributed by atoms with E-state index in [2.05, 4.69) is 22.4 Å². The van der Waals surface area contributed by atoms with Crippen LogP contribution in [-0.4, -0.2) is 20.2 Å². The van der Waals surface area contributed by atoms with Crippen LogP contribution < -0.4 is 5.73 Å². The quantitative estimate of drug-likeness (QED) is 0.861. The van der Waals surface area contributed by atoms with Gasteiger partial charge in [-0.2, -0.15) is 0 Å². The Morgan fingerprint density at radius 3 is 2.89 bits per heavy atom. The Balaban J connectivity index is 2.02. The molecule has 2 N–H and O–H groups in total. The Morgan fingerprint density at radius 2 is 2.26 bits per heavy atom. The topological polar surface area (TPSA) is 69.6 Å². The van der Waals surface area contributed by atoms with Gasteiger partial charge in [-0.05, 0) is 41.8 Å². The highest BCUT2D eigenvalue weighted by molar-refractivity contribution is 5.64. The van der Waals surface area contributed by atoms with Gasteiger partial charge < -0.3 is 5.73 Å². The van der Waals surface area contributed by atoms with Gasteiger partial charge in [0.15, 0.2) is 5.82 Å². The minimum atomic E-state index is -0.326. The Labute approximate surface area is 110 Å². The summed E-state index contributed by atoms with van der Waals surface area (Å²) < 4.78 is 15.6. The molecule has 1 saturated carbocycles. The number of nitrogen functional groups attached to an aromatic ring is 1. The molecule has 3 rings (SSSR count). The first-order chi connectivity index (χ1) is 9.11. The van der Waals surface area contributed by atoms with Gasteiger partial charge in [-0.3, -0.25) is 0 Å². The highest BCUT2D eigenvalue weighted by Gasteiger charge is 2.39. The lowest BCUT2D eigenvalue weighted by atomic mass is 10.1. The van der Waals surface area contributed by atoms with Crippen LogP contribution in [0, 0.1) is 18.7 Å². The molecular weight excluding hydrogens is 245 g/mol. The van der Waals surface area contributed by atoms with Gasteiger partial charge in [-0.1, -0.05) is 13.3 Å². The van der Waals surface area contributed by atoms with Crippen LogP contribution >= 0.6 is 0 Å². The van der Waals surface area contributed by atoms with E-state index in [-0.39, 0.29) is 5.82 Å². The van der Waals surface area contributed by atoms with Crippen molar-refractivity contribution in [1.29, 1.82) is 0 Å². The van der Waals surface area contributed by atoms with Crippen LogP contribution in [-0.2, 0) is 0 Å². The van der Waals surface area contributed by atoms with Gasteiger partial charge in [-0.15, -0.1) is 5.10 Å². The molecule has 0 aliphatic heterocycles. The van der Waals surface area contributed by atoms with Crippen molar-refractivity contribution in [2.24, 2.45) is 5.92 Å². The van der Waals surface area contributed by atoms with E-state index in [0.717, 1.165) is 12.8 Å². The number of hydrogen-bond donors (Lipinski definition) is 1. The molecule has 1 aliphatic carbocycles. The van der Waals surface area contributed by atoms with E-state index in [9.17, 15) is 4.39 Å². The number of halogens is 1. The number of nitrogens with two attached hydrogens (primary N) is 1. The number of rotatable bonds is 3. The van der Waals surface area contributed by atoms with Crippen LogP contribution in [0.2, 0.25) is 0 Å². The molecule has 19 heavy (non-hydrogen) atoms.